The first-order chi connectivity index (χ1) is 27.9. The summed E-state index contributed by atoms with van der Waals surface area (Å²) in [7, 11) is 0. The van der Waals surface area contributed by atoms with Crippen molar-refractivity contribution in [3.8, 4) is 33.8 Å². The van der Waals surface area contributed by atoms with Crippen molar-refractivity contribution >= 4 is 81.2 Å². The first kappa shape index (κ1) is 42.1. The van der Waals surface area contributed by atoms with Crippen molar-refractivity contribution in [3.63, 3.8) is 0 Å². The fourth-order valence-corrected chi connectivity index (χ4v) is 6.32. The van der Waals surface area contributed by atoms with Crippen LogP contribution in [-0.2, 0) is 9.47 Å². The quantitative estimate of drug-likeness (QED) is 0.115. The van der Waals surface area contributed by atoms with Gasteiger partial charge in [-0.25, -0.2) is 28.6 Å². The van der Waals surface area contributed by atoms with Crippen LogP contribution < -0.4 is 0 Å². The standard InChI is InChI=1S/C21H15Cl2N3O2.C15H11Cl2N3O2.C7H7Cl/c1-2-28-21(27)18-12-20-24-17(13-7-9-14(22)10-8-13)11-19(26(20)25-18)15-5-3-4-6-16(15)23;1-2-22-15(21)12-8-14-18-11(7-13(17)20(14)19-12)9-3-5-10(16)6-4-9;1-6-4-2-3-5-7(6)8/h3-12H,2H2,1H3;3-8H,2H2,1H3;2-5H,1H3. The highest BCUT2D eigenvalue weighted by Gasteiger charge is 2.19. The number of hydrogen-bond donors (Lipinski definition) is 0. The van der Waals surface area contributed by atoms with E-state index in [1.807, 2.05) is 79.7 Å². The van der Waals surface area contributed by atoms with Gasteiger partial charge in [0.05, 0.1) is 30.3 Å². The van der Waals surface area contributed by atoms with Crippen molar-refractivity contribution in [2.45, 2.75) is 20.8 Å². The van der Waals surface area contributed by atoms with Gasteiger partial charge in [-0.05, 0) is 68.8 Å². The lowest BCUT2D eigenvalue weighted by atomic mass is 10.1. The van der Waals surface area contributed by atoms with Crippen molar-refractivity contribution < 1.29 is 19.1 Å². The van der Waals surface area contributed by atoms with Gasteiger partial charge >= 0.3 is 11.9 Å². The molecule has 0 amide bonds. The van der Waals surface area contributed by atoms with Crippen molar-refractivity contribution in [3.05, 3.63) is 164 Å². The number of carbonyl (C=O) groups excluding carboxylic acids is 2. The van der Waals surface area contributed by atoms with Crippen molar-refractivity contribution in [1.29, 1.82) is 0 Å². The number of aromatic nitrogens is 6. The molecule has 0 saturated heterocycles. The third-order valence-corrected chi connectivity index (χ3v) is 9.81. The molecule has 0 atom stereocenters. The van der Waals surface area contributed by atoms with E-state index in [1.165, 1.54) is 4.52 Å². The highest BCUT2D eigenvalue weighted by molar-refractivity contribution is 6.33. The van der Waals surface area contributed by atoms with E-state index < -0.39 is 11.9 Å². The van der Waals surface area contributed by atoms with Crippen LogP contribution in [0, 0.1) is 6.92 Å². The van der Waals surface area contributed by atoms with Crippen LogP contribution in [0.25, 0.3) is 45.1 Å². The molecule has 8 aromatic rings. The summed E-state index contributed by atoms with van der Waals surface area (Å²) in [5.74, 6) is -0.997. The molecule has 4 aromatic carbocycles. The van der Waals surface area contributed by atoms with Gasteiger partial charge in [0.25, 0.3) is 0 Å². The number of nitrogens with zero attached hydrogens (tertiary/aromatic N) is 6. The van der Waals surface area contributed by atoms with E-state index >= 15 is 0 Å². The lowest BCUT2D eigenvalue weighted by Gasteiger charge is -2.10. The van der Waals surface area contributed by atoms with Gasteiger partial charge in [-0.1, -0.05) is 119 Å². The minimum atomic E-state index is -0.503. The van der Waals surface area contributed by atoms with Gasteiger partial charge in [0.15, 0.2) is 22.7 Å². The number of carbonyl (C=O) groups is 2. The molecule has 4 heterocycles. The van der Waals surface area contributed by atoms with Crippen LogP contribution in [0.5, 0.6) is 0 Å². The maximum Gasteiger partial charge on any atom is 0.358 e. The molecule has 0 aliphatic rings. The molecule has 10 nitrogen and oxygen atoms in total. The monoisotopic (exact) mass is 872 g/mol. The molecule has 15 heteroatoms. The zero-order valence-electron chi connectivity index (χ0n) is 31.2. The Kier molecular flexibility index (Phi) is 14.0. The Morgan fingerprint density at radius 2 is 1.03 bits per heavy atom. The van der Waals surface area contributed by atoms with E-state index in [9.17, 15) is 9.59 Å². The van der Waals surface area contributed by atoms with E-state index in [4.69, 9.17) is 67.5 Å². The second-order valence-electron chi connectivity index (χ2n) is 12.3. The SMILES string of the molecule is CCOC(=O)c1cc2nc(-c3ccc(Cl)cc3)cc(-c3ccccc3Cl)n2n1.CCOC(=O)c1cc2nc(-c3ccc(Cl)cc3)cc(Cl)n2n1.Cc1ccccc1Cl. The third-order valence-electron chi connectivity index (χ3n) is 8.29. The summed E-state index contributed by atoms with van der Waals surface area (Å²) in [6, 6.07) is 36.6. The second-order valence-corrected chi connectivity index (χ2v) is 14.3. The number of benzene rings is 4. The zero-order chi connectivity index (χ0) is 41.3. The van der Waals surface area contributed by atoms with Crippen molar-refractivity contribution in [1.82, 2.24) is 29.2 Å². The summed E-state index contributed by atoms with van der Waals surface area (Å²) in [4.78, 5) is 33.0. The van der Waals surface area contributed by atoms with E-state index in [2.05, 4.69) is 20.2 Å². The van der Waals surface area contributed by atoms with Gasteiger partial charge < -0.3 is 9.47 Å². The molecule has 0 unspecified atom stereocenters. The van der Waals surface area contributed by atoms with Crippen molar-refractivity contribution in [2.24, 2.45) is 0 Å². The summed E-state index contributed by atoms with van der Waals surface area (Å²) in [6.07, 6.45) is 0. The average Bonchev–Trinajstić information content (AvgIpc) is 3.86. The maximum atomic E-state index is 12.2. The summed E-state index contributed by atoms with van der Waals surface area (Å²) in [6.45, 7) is 6.02. The van der Waals surface area contributed by atoms with Crippen molar-refractivity contribution in [2.75, 3.05) is 13.2 Å². The summed E-state index contributed by atoms with van der Waals surface area (Å²) < 4.78 is 13.0. The highest BCUT2D eigenvalue weighted by atomic mass is 35.5. The Hall–Kier alpha value is -5.49. The van der Waals surface area contributed by atoms with Gasteiger partial charge in [0, 0.05) is 55.0 Å². The molecule has 0 spiro atoms. The van der Waals surface area contributed by atoms with E-state index in [0.717, 1.165) is 38.7 Å². The normalized spacial score (nSPS) is 10.7. The minimum Gasteiger partial charge on any atom is -0.461 e. The fraction of sp³-hybridized carbons (Fsp3) is 0.116. The smallest absolute Gasteiger partial charge is 0.358 e. The molecule has 294 valence electrons. The average molecular weight is 875 g/mol. The van der Waals surface area contributed by atoms with E-state index in [1.54, 1.807) is 66.9 Å². The lowest BCUT2D eigenvalue weighted by molar-refractivity contribution is 0.0509. The molecule has 4 aromatic heterocycles. The van der Waals surface area contributed by atoms with Crippen LogP contribution in [0.15, 0.2) is 121 Å². The number of halogens is 5. The highest BCUT2D eigenvalue weighted by Crippen LogP contribution is 2.32. The summed E-state index contributed by atoms with van der Waals surface area (Å²) >= 11 is 30.2. The molecule has 0 aliphatic heterocycles. The first-order valence-corrected chi connectivity index (χ1v) is 19.6. The Balaban J connectivity index is 0.000000167. The van der Waals surface area contributed by atoms with Crippen LogP contribution in [0.1, 0.15) is 40.4 Å². The number of hydrogen-bond acceptors (Lipinski definition) is 8. The Bertz CT molecular complexity index is 2700. The predicted molar refractivity (Wildman–Crippen MR) is 230 cm³/mol. The van der Waals surface area contributed by atoms with Crippen LogP contribution in [0.2, 0.25) is 25.2 Å². The molecular weight excluding hydrogens is 842 g/mol. The number of fused-ring (bicyclic) bond motifs is 2. The lowest BCUT2D eigenvalue weighted by Crippen LogP contribution is -2.06. The Morgan fingerprint density at radius 3 is 1.52 bits per heavy atom. The first-order valence-electron chi connectivity index (χ1n) is 17.7. The van der Waals surface area contributed by atoms with Crippen LogP contribution in [0.4, 0.5) is 0 Å². The Morgan fingerprint density at radius 1 is 0.569 bits per heavy atom. The third kappa shape index (κ3) is 10.1. The molecule has 0 saturated carbocycles. The summed E-state index contributed by atoms with van der Waals surface area (Å²) in [5.41, 5.74) is 7.13. The van der Waals surface area contributed by atoms with Gasteiger partial charge in [0.2, 0.25) is 0 Å². The number of rotatable bonds is 7. The summed E-state index contributed by atoms with van der Waals surface area (Å²) in [5, 5.41) is 11.6. The molecule has 0 bridgehead atoms. The second kappa shape index (κ2) is 19.3. The predicted octanol–water partition coefficient (Wildman–Crippen LogP) is 12.1. The van der Waals surface area contributed by atoms with E-state index in [0.29, 0.717) is 37.2 Å². The molecule has 0 fully saturated rings. The molecular formula is C43H33Cl5N6O4. The van der Waals surface area contributed by atoms with Crippen LogP contribution in [0.3, 0.4) is 0 Å². The van der Waals surface area contributed by atoms with Crippen LogP contribution in [-0.4, -0.2) is 54.3 Å². The largest absolute Gasteiger partial charge is 0.461 e. The molecule has 58 heavy (non-hydrogen) atoms. The topological polar surface area (TPSA) is 113 Å². The fourth-order valence-electron chi connectivity index (χ4n) is 5.47. The van der Waals surface area contributed by atoms with Gasteiger partial charge in [-0.3, -0.25) is 0 Å². The molecule has 8 rings (SSSR count). The molecule has 0 radical (unpaired) electrons. The number of aryl methyl sites for hydroxylation is 1. The zero-order valence-corrected chi connectivity index (χ0v) is 34.9. The van der Waals surface area contributed by atoms with Crippen LogP contribution >= 0.6 is 58.0 Å². The molecule has 0 aliphatic carbocycles. The number of esters is 2. The Labute approximate surface area is 358 Å². The van der Waals surface area contributed by atoms with Gasteiger partial charge in [-0.15, -0.1) is 0 Å². The van der Waals surface area contributed by atoms with E-state index in [-0.39, 0.29) is 24.6 Å². The number of ether oxygens (including phenoxy) is 2. The van der Waals surface area contributed by atoms with Gasteiger partial charge in [-0.2, -0.15) is 10.2 Å². The maximum absolute atomic E-state index is 12.2. The minimum absolute atomic E-state index is 0.171. The van der Waals surface area contributed by atoms with Gasteiger partial charge in [0.1, 0.15) is 5.15 Å². The molecule has 0 N–H and O–H groups in total.